The van der Waals surface area contributed by atoms with Crippen LogP contribution in [0.4, 0.5) is 4.39 Å². The second kappa shape index (κ2) is 10.5. The Morgan fingerprint density at radius 2 is 2.08 bits per heavy atom. The number of hydrogen-bond acceptors (Lipinski definition) is 3. The number of piperidine rings is 1. The molecule has 2 rings (SSSR count). The number of benzene rings is 1. The summed E-state index contributed by atoms with van der Waals surface area (Å²) in [6.07, 6.45) is 2.22. The highest BCUT2D eigenvalue weighted by molar-refractivity contribution is 7.99. The molecule has 4 nitrogen and oxygen atoms in total. The zero-order chi connectivity index (χ0) is 18.1. The van der Waals surface area contributed by atoms with Crippen LogP contribution in [0.1, 0.15) is 19.8 Å². The molecule has 1 aromatic rings. The number of hydrogen-bond donors (Lipinski definition) is 2. The molecule has 2 N–H and O–H groups in total. The Kier molecular flexibility index (Phi) is 8.28. The highest BCUT2D eigenvalue weighted by atomic mass is 32.2. The van der Waals surface area contributed by atoms with Gasteiger partial charge in [-0.05, 0) is 31.9 Å². The van der Waals surface area contributed by atoms with E-state index in [1.54, 1.807) is 13.1 Å². The van der Waals surface area contributed by atoms with Gasteiger partial charge in [0.2, 0.25) is 0 Å². The van der Waals surface area contributed by atoms with Gasteiger partial charge >= 0.3 is 0 Å². The number of rotatable bonds is 7. The first-order valence-corrected chi connectivity index (χ1v) is 9.78. The average molecular weight is 365 g/mol. The van der Waals surface area contributed by atoms with E-state index in [1.807, 2.05) is 12.1 Å². The van der Waals surface area contributed by atoms with Crippen LogP contribution in [0, 0.1) is 5.82 Å². The normalized spacial score (nSPS) is 16.7. The monoisotopic (exact) mass is 364 g/mol. The van der Waals surface area contributed by atoms with Crippen molar-refractivity contribution in [1.82, 2.24) is 15.5 Å². The average Bonchev–Trinajstić information content (AvgIpc) is 2.60. The van der Waals surface area contributed by atoms with Gasteiger partial charge < -0.3 is 10.6 Å². The minimum absolute atomic E-state index is 0.156. The maximum atomic E-state index is 13.6. The van der Waals surface area contributed by atoms with Crippen molar-refractivity contribution in [1.29, 1.82) is 0 Å². The van der Waals surface area contributed by atoms with Crippen molar-refractivity contribution < 1.29 is 4.39 Å². The summed E-state index contributed by atoms with van der Waals surface area (Å²) >= 11 is 1.52. The molecule has 1 aromatic carbocycles. The van der Waals surface area contributed by atoms with Crippen LogP contribution in [0.25, 0.3) is 0 Å². The van der Waals surface area contributed by atoms with E-state index in [9.17, 15) is 4.39 Å². The van der Waals surface area contributed by atoms with Crippen molar-refractivity contribution in [2.75, 3.05) is 39.0 Å². The first-order chi connectivity index (χ1) is 12.1. The molecule has 6 heteroatoms. The number of aliphatic imine (C=N–C) groups is 1. The van der Waals surface area contributed by atoms with Gasteiger partial charge in [0.15, 0.2) is 5.96 Å². The zero-order valence-corrected chi connectivity index (χ0v) is 16.0. The maximum Gasteiger partial charge on any atom is 0.191 e. The van der Waals surface area contributed by atoms with Crippen LogP contribution in [0.15, 0.2) is 46.3 Å². The molecule has 0 aliphatic carbocycles. The first kappa shape index (κ1) is 19.8. The Morgan fingerprint density at radius 3 is 2.72 bits per heavy atom. The van der Waals surface area contributed by atoms with Gasteiger partial charge in [0.1, 0.15) is 5.82 Å². The van der Waals surface area contributed by atoms with E-state index in [-0.39, 0.29) is 5.82 Å². The molecule has 0 amide bonds. The summed E-state index contributed by atoms with van der Waals surface area (Å²) in [4.78, 5) is 7.43. The van der Waals surface area contributed by atoms with Gasteiger partial charge in [-0.2, -0.15) is 0 Å². The third-order valence-corrected chi connectivity index (χ3v) is 5.18. The standard InChI is InChI=1S/C19H29FN4S/c1-15(2)14-24-11-8-16(9-12-24)23-19(21-3)22-10-13-25-18-7-5-4-6-17(18)20/h4-7,16H,1,8-14H2,2-3H3,(H2,21,22,23). The Hall–Kier alpha value is -1.53. The molecule has 1 aliphatic rings. The Morgan fingerprint density at radius 1 is 1.36 bits per heavy atom. The van der Waals surface area contributed by atoms with E-state index in [2.05, 4.69) is 34.0 Å². The number of thioether (sulfide) groups is 1. The van der Waals surface area contributed by atoms with Crippen LogP contribution < -0.4 is 10.6 Å². The van der Waals surface area contributed by atoms with Gasteiger partial charge in [-0.1, -0.05) is 24.3 Å². The lowest BCUT2D eigenvalue weighted by molar-refractivity contribution is 0.221. The summed E-state index contributed by atoms with van der Waals surface area (Å²) < 4.78 is 13.6. The highest BCUT2D eigenvalue weighted by Gasteiger charge is 2.19. The molecule has 0 spiro atoms. The third kappa shape index (κ3) is 7.08. The molecule has 1 heterocycles. The second-order valence-electron chi connectivity index (χ2n) is 6.43. The fourth-order valence-corrected chi connectivity index (χ4v) is 3.70. The zero-order valence-electron chi connectivity index (χ0n) is 15.2. The predicted octanol–water partition coefficient (Wildman–Crippen LogP) is 3.12. The number of guanidine groups is 1. The molecular weight excluding hydrogens is 335 g/mol. The van der Waals surface area contributed by atoms with Crippen molar-refractivity contribution in [2.45, 2.75) is 30.7 Å². The maximum absolute atomic E-state index is 13.6. The van der Waals surface area contributed by atoms with Gasteiger partial charge in [0.05, 0.1) is 0 Å². The number of nitrogens with zero attached hydrogens (tertiary/aromatic N) is 2. The van der Waals surface area contributed by atoms with Gasteiger partial charge in [-0.15, -0.1) is 11.8 Å². The smallest absolute Gasteiger partial charge is 0.191 e. The van der Waals surface area contributed by atoms with Crippen molar-refractivity contribution in [3.8, 4) is 0 Å². The van der Waals surface area contributed by atoms with Gasteiger partial charge in [0, 0.05) is 49.9 Å². The summed E-state index contributed by atoms with van der Waals surface area (Å²) in [5, 5.41) is 6.81. The molecule has 138 valence electrons. The summed E-state index contributed by atoms with van der Waals surface area (Å²) in [6, 6.07) is 7.33. The second-order valence-corrected chi connectivity index (χ2v) is 7.57. The Labute approximate surface area is 155 Å². The largest absolute Gasteiger partial charge is 0.356 e. The van der Waals surface area contributed by atoms with Crippen LogP contribution in [0.3, 0.4) is 0 Å². The number of likely N-dealkylation sites (tertiary alicyclic amines) is 1. The highest BCUT2D eigenvalue weighted by Crippen LogP contribution is 2.20. The van der Waals surface area contributed by atoms with E-state index in [0.717, 1.165) is 50.7 Å². The van der Waals surface area contributed by atoms with E-state index >= 15 is 0 Å². The van der Waals surface area contributed by atoms with Crippen LogP contribution >= 0.6 is 11.8 Å². The molecule has 0 aromatic heterocycles. The Balaban J connectivity index is 1.66. The summed E-state index contributed by atoms with van der Waals surface area (Å²) in [5.41, 5.74) is 1.22. The lowest BCUT2D eigenvalue weighted by atomic mass is 10.0. The lowest BCUT2D eigenvalue weighted by Crippen LogP contribution is -2.49. The quantitative estimate of drug-likeness (QED) is 0.256. The van der Waals surface area contributed by atoms with Crippen molar-refractivity contribution in [3.05, 3.63) is 42.2 Å². The van der Waals surface area contributed by atoms with E-state index in [0.29, 0.717) is 10.9 Å². The number of nitrogens with one attached hydrogen (secondary N) is 2. The van der Waals surface area contributed by atoms with Crippen molar-refractivity contribution in [2.24, 2.45) is 4.99 Å². The molecule has 25 heavy (non-hydrogen) atoms. The minimum atomic E-state index is -0.156. The van der Waals surface area contributed by atoms with E-state index < -0.39 is 0 Å². The summed E-state index contributed by atoms with van der Waals surface area (Å²) in [7, 11) is 1.79. The molecule has 1 saturated heterocycles. The molecular formula is C19H29FN4S. The summed E-state index contributed by atoms with van der Waals surface area (Å²) in [5.74, 6) is 1.46. The molecule has 0 radical (unpaired) electrons. The van der Waals surface area contributed by atoms with Crippen LogP contribution in [-0.2, 0) is 0 Å². The van der Waals surface area contributed by atoms with E-state index in [4.69, 9.17) is 0 Å². The fraction of sp³-hybridized carbons (Fsp3) is 0.526. The van der Waals surface area contributed by atoms with Crippen LogP contribution in [0.5, 0.6) is 0 Å². The lowest BCUT2D eigenvalue weighted by Gasteiger charge is -2.33. The van der Waals surface area contributed by atoms with Crippen LogP contribution in [-0.4, -0.2) is 55.9 Å². The SMILES string of the molecule is C=C(C)CN1CCC(NC(=NC)NCCSc2ccccc2F)CC1. The van der Waals surface area contributed by atoms with E-state index in [1.165, 1.54) is 23.4 Å². The molecule has 0 bridgehead atoms. The fourth-order valence-electron chi connectivity index (χ4n) is 2.90. The Bertz CT molecular complexity index is 583. The molecule has 1 fully saturated rings. The molecule has 0 unspecified atom stereocenters. The minimum Gasteiger partial charge on any atom is -0.356 e. The molecule has 1 aliphatic heterocycles. The summed E-state index contributed by atoms with van der Waals surface area (Å²) in [6.45, 7) is 9.98. The van der Waals surface area contributed by atoms with Crippen molar-refractivity contribution >= 4 is 17.7 Å². The van der Waals surface area contributed by atoms with Gasteiger partial charge in [-0.3, -0.25) is 9.89 Å². The topological polar surface area (TPSA) is 39.7 Å². The number of halogens is 1. The van der Waals surface area contributed by atoms with Crippen LogP contribution in [0.2, 0.25) is 0 Å². The van der Waals surface area contributed by atoms with Crippen molar-refractivity contribution in [3.63, 3.8) is 0 Å². The first-order valence-electron chi connectivity index (χ1n) is 8.79. The molecule has 0 saturated carbocycles. The predicted molar refractivity (Wildman–Crippen MR) is 106 cm³/mol. The third-order valence-electron chi connectivity index (χ3n) is 4.13. The molecule has 0 atom stereocenters. The van der Waals surface area contributed by atoms with Gasteiger partial charge in [-0.25, -0.2) is 4.39 Å². The van der Waals surface area contributed by atoms with Gasteiger partial charge in [0.25, 0.3) is 0 Å².